The van der Waals surface area contributed by atoms with Crippen LogP contribution in [-0.4, -0.2) is 38.6 Å². The Balaban J connectivity index is 1.70. The molecule has 0 saturated carbocycles. The Labute approximate surface area is 177 Å². The lowest BCUT2D eigenvalue weighted by Gasteiger charge is -2.12. The second-order valence-corrected chi connectivity index (χ2v) is 7.01. The molecule has 9 heteroatoms. The first kappa shape index (κ1) is 20.1. The Kier molecular flexibility index (Phi) is 5.40. The van der Waals surface area contributed by atoms with E-state index in [1.165, 1.54) is 11.2 Å². The highest BCUT2D eigenvalue weighted by molar-refractivity contribution is 6.24. The molecule has 1 atom stereocenters. The number of aliphatic carboxylic acids is 1. The molecule has 1 amide bonds. The first-order chi connectivity index (χ1) is 15.0. The van der Waals surface area contributed by atoms with Gasteiger partial charge in [0.1, 0.15) is 11.7 Å². The summed E-state index contributed by atoms with van der Waals surface area (Å²) < 4.78 is 1.13. The molecule has 9 nitrogen and oxygen atoms in total. The maximum Gasteiger partial charge on any atom is 0.303 e. The van der Waals surface area contributed by atoms with Crippen LogP contribution in [0.2, 0.25) is 0 Å². The quantitative estimate of drug-likeness (QED) is 0.618. The summed E-state index contributed by atoms with van der Waals surface area (Å²) in [6.45, 7) is 1.65. The summed E-state index contributed by atoms with van der Waals surface area (Å²) in [4.78, 5) is 41.3. The van der Waals surface area contributed by atoms with Crippen molar-refractivity contribution >= 4 is 40.4 Å². The molecule has 1 unspecified atom stereocenters. The molecule has 31 heavy (non-hydrogen) atoms. The average molecular weight is 417 g/mol. The third-order valence-corrected chi connectivity index (χ3v) is 4.90. The second-order valence-electron chi connectivity index (χ2n) is 7.01. The van der Waals surface area contributed by atoms with Gasteiger partial charge in [-0.05, 0) is 37.6 Å². The third kappa shape index (κ3) is 3.97. The van der Waals surface area contributed by atoms with Gasteiger partial charge in [0.2, 0.25) is 0 Å². The van der Waals surface area contributed by atoms with Gasteiger partial charge in [-0.25, -0.2) is 4.98 Å². The van der Waals surface area contributed by atoms with E-state index in [0.29, 0.717) is 28.1 Å². The zero-order valence-corrected chi connectivity index (χ0v) is 16.7. The lowest BCUT2D eigenvalue weighted by atomic mass is 10.0. The molecule has 2 aromatic carbocycles. The normalized spacial score (nSPS) is 16.3. The Bertz CT molecular complexity index is 1280. The van der Waals surface area contributed by atoms with E-state index in [-0.39, 0.29) is 24.3 Å². The molecular formula is C22H19N5O4. The molecule has 1 aliphatic heterocycles. The van der Waals surface area contributed by atoms with Crippen LogP contribution >= 0.6 is 0 Å². The molecule has 4 rings (SSSR count). The minimum absolute atomic E-state index is 0.0882. The number of hydrogen-bond donors (Lipinski definition) is 1. The van der Waals surface area contributed by atoms with Gasteiger partial charge in [-0.3, -0.25) is 14.4 Å². The fraction of sp³-hybridized carbons (Fsp3) is 0.182. The Morgan fingerprint density at radius 1 is 1.13 bits per heavy atom. The van der Waals surface area contributed by atoms with Crippen molar-refractivity contribution in [2.24, 2.45) is 16.1 Å². The predicted octanol–water partition coefficient (Wildman–Crippen LogP) is 2.42. The highest BCUT2D eigenvalue weighted by Crippen LogP contribution is 2.24. The summed E-state index contributed by atoms with van der Waals surface area (Å²) in [5.41, 5.74) is 1.15. The monoisotopic (exact) mass is 417 g/mol. The number of nitrogens with zero attached hydrogens (tertiary/aromatic N) is 5. The summed E-state index contributed by atoms with van der Waals surface area (Å²) in [7, 11) is 0. The standard InChI is InChI=1S/C22H19N5O4/c1-14-24-18-10-6-5-9-16(18)21(30)26(14)23-13-17-19(11-12-20(28)29)25-27(22(17)31)15-7-3-2-4-8-15/h2-10,13,17H,11-12H2,1H3,(H,28,29)/b23-13+. The average Bonchev–Trinajstić information content (AvgIpc) is 3.08. The molecular weight excluding hydrogens is 398 g/mol. The SMILES string of the molecule is Cc1nc2ccccc2c(=O)n1/N=C/C1C(=O)N(c2ccccc2)N=C1CCC(=O)O. The number of fused-ring (bicyclic) bond motifs is 1. The smallest absolute Gasteiger partial charge is 0.303 e. The molecule has 3 aromatic rings. The van der Waals surface area contributed by atoms with Gasteiger partial charge >= 0.3 is 5.97 Å². The third-order valence-electron chi connectivity index (χ3n) is 4.90. The largest absolute Gasteiger partial charge is 0.481 e. The molecule has 2 heterocycles. The molecule has 0 spiro atoms. The van der Waals surface area contributed by atoms with Crippen LogP contribution in [0.5, 0.6) is 0 Å². The maximum absolute atomic E-state index is 13.0. The van der Waals surface area contributed by atoms with Gasteiger partial charge in [0, 0.05) is 6.21 Å². The van der Waals surface area contributed by atoms with Crippen LogP contribution in [0.15, 0.2) is 69.6 Å². The van der Waals surface area contributed by atoms with Gasteiger partial charge in [-0.2, -0.15) is 19.9 Å². The second kappa shape index (κ2) is 8.31. The van der Waals surface area contributed by atoms with E-state index in [1.807, 2.05) is 6.07 Å². The number of para-hydroxylation sites is 2. The number of aromatic nitrogens is 2. The van der Waals surface area contributed by atoms with Crippen molar-refractivity contribution in [1.82, 2.24) is 9.66 Å². The summed E-state index contributed by atoms with van der Waals surface area (Å²) in [6, 6.07) is 15.8. The Morgan fingerprint density at radius 3 is 2.58 bits per heavy atom. The molecule has 0 saturated heterocycles. The van der Waals surface area contributed by atoms with Gasteiger partial charge in [-0.1, -0.05) is 30.3 Å². The summed E-state index contributed by atoms with van der Waals surface area (Å²) in [6.07, 6.45) is 1.25. The van der Waals surface area contributed by atoms with Crippen molar-refractivity contribution in [1.29, 1.82) is 0 Å². The van der Waals surface area contributed by atoms with Gasteiger partial charge in [0.05, 0.1) is 28.7 Å². The maximum atomic E-state index is 13.0. The minimum Gasteiger partial charge on any atom is -0.481 e. The number of hydrogen-bond acceptors (Lipinski definition) is 6. The van der Waals surface area contributed by atoms with Crippen LogP contribution in [0.25, 0.3) is 10.9 Å². The number of anilines is 1. The number of carboxylic acid groups (broad SMARTS) is 1. The van der Waals surface area contributed by atoms with Gasteiger partial charge < -0.3 is 5.11 Å². The summed E-state index contributed by atoms with van der Waals surface area (Å²) >= 11 is 0. The first-order valence-electron chi connectivity index (χ1n) is 9.67. The molecule has 0 bridgehead atoms. The van der Waals surface area contributed by atoms with E-state index < -0.39 is 11.9 Å². The van der Waals surface area contributed by atoms with Crippen LogP contribution in [0.1, 0.15) is 18.7 Å². The number of carbonyl (C=O) groups excluding carboxylic acids is 1. The molecule has 1 aromatic heterocycles. The molecule has 0 fully saturated rings. The highest BCUT2D eigenvalue weighted by atomic mass is 16.4. The fourth-order valence-electron chi connectivity index (χ4n) is 3.36. The van der Waals surface area contributed by atoms with E-state index in [1.54, 1.807) is 55.5 Å². The van der Waals surface area contributed by atoms with Crippen LogP contribution < -0.4 is 10.6 Å². The number of rotatable bonds is 6. The minimum atomic E-state index is -0.991. The molecule has 0 aliphatic carbocycles. The number of benzene rings is 2. The molecule has 0 radical (unpaired) electrons. The Morgan fingerprint density at radius 2 is 1.84 bits per heavy atom. The van der Waals surface area contributed by atoms with Crippen LogP contribution in [0.4, 0.5) is 5.69 Å². The van der Waals surface area contributed by atoms with Crippen LogP contribution in [-0.2, 0) is 9.59 Å². The number of aryl methyl sites for hydroxylation is 1. The number of hydrazone groups is 1. The van der Waals surface area contributed by atoms with Crippen molar-refractivity contribution in [3.05, 3.63) is 70.8 Å². The molecule has 1 aliphatic rings. The fourth-order valence-corrected chi connectivity index (χ4v) is 3.36. The van der Waals surface area contributed by atoms with E-state index >= 15 is 0 Å². The zero-order valence-electron chi connectivity index (χ0n) is 16.7. The van der Waals surface area contributed by atoms with E-state index in [4.69, 9.17) is 5.11 Å². The van der Waals surface area contributed by atoms with Gasteiger partial charge in [0.15, 0.2) is 0 Å². The predicted molar refractivity (Wildman–Crippen MR) is 116 cm³/mol. The number of carboxylic acids is 1. The van der Waals surface area contributed by atoms with Gasteiger partial charge in [0.25, 0.3) is 11.5 Å². The number of carbonyl (C=O) groups is 2. The van der Waals surface area contributed by atoms with E-state index in [9.17, 15) is 14.4 Å². The van der Waals surface area contributed by atoms with Crippen molar-refractivity contribution in [3.63, 3.8) is 0 Å². The lowest BCUT2D eigenvalue weighted by molar-refractivity contribution is -0.136. The topological polar surface area (TPSA) is 117 Å². The van der Waals surface area contributed by atoms with Crippen molar-refractivity contribution < 1.29 is 14.7 Å². The number of amides is 1. The molecule has 156 valence electrons. The van der Waals surface area contributed by atoms with Crippen molar-refractivity contribution in [3.8, 4) is 0 Å². The highest BCUT2D eigenvalue weighted by Gasteiger charge is 2.35. The summed E-state index contributed by atoms with van der Waals surface area (Å²) in [5, 5.41) is 19.3. The molecule has 1 N–H and O–H groups in total. The van der Waals surface area contributed by atoms with Crippen molar-refractivity contribution in [2.75, 3.05) is 5.01 Å². The van der Waals surface area contributed by atoms with Crippen LogP contribution in [0.3, 0.4) is 0 Å². The van der Waals surface area contributed by atoms with E-state index in [2.05, 4.69) is 15.2 Å². The Hall–Kier alpha value is -4.14. The van der Waals surface area contributed by atoms with Crippen LogP contribution in [0, 0.1) is 12.8 Å². The zero-order chi connectivity index (χ0) is 22.0. The lowest BCUT2D eigenvalue weighted by Crippen LogP contribution is -2.29. The first-order valence-corrected chi connectivity index (χ1v) is 9.67. The van der Waals surface area contributed by atoms with Crippen molar-refractivity contribution in [2.45, 2.75) is 19.8 Å². The van der Waals surface area contributed by atoms with Gasteiger partial charge in [-0.15, -0.1) is 0 Å². The summed E-state index contributed by atoms with van der Waals surface area (Å²) in [5.74, 6) is -1.86. The van der Waals surface area contributed by atoms with E-state index in [0.717, 1.165) is 4.68 Å².